The largest absolute Gasteiger partial charge is 0.573 e. The molecule has 0 bridgehead atoms. The maximum Gasteiger partial charge on any atom is 0.573 e. The zero-order valence-corrected chi connectivity index (χ0v) is 15.3. The molecule has 0 N–H and O–H groups in total. The van der Waals surface area contributed by atoms with Crippen molar-refractivity contribution < 1.29 is 32.0 Å². The Hall–Kier alpha value is -3.69. The van der Waals surface area contributed by atoms with Crippen LogP contribution in [0.1, 0.15) is 33.0 Å². The average Bonchev–Trinajstić information content (AvgIpc) is 3.27. The van der Waals surface area contributed by atoms with Crippen LogP contribution < -0.4 is 4.74 Å². The van der Waals surface area contributed by atoms with E-state index in [-0.39, 0.29) is 35.8 Å². The van der Waals surface area contributed by atoms with E-state index in [1.807, 2.05) is 0 Å². The van der Waals surface area contributed by atoms with Gasteiger partial charge in [-0.1, -0.05) is 17.3 Å². The van der Waals surface area contributed by atoms with Crippen LogP contribution in [-0.4, -0.2) is 39.8 Å². The molecule has 0 radical (unpaired) electrons. The van der Waals surface area contributed by atoms with Gasteiger partial charge in [0, 0.05) is 18.5 Å². The zero-order valence-electron chi connectivity index (χ0n) is 15.3. The van der Waals surface area contributed by atoms with Crippen LogP contribution in [0.3, 0.4) is 0 Å². The molecule has 30 heavy (non-hydrogen) atoms. The van der Waals surface area contributed by atoms with E-state index in [0.29, 0.717) is 29.5 Å². The Morgan fingerprint density at radius 1 is 0.967 bits per heavy atom. The summed E-state index contributed by atoms with van der Waals surface area (Å²) in [5.74, 6) is -0.511. The summed E-state index contributed by atoms with van der Waals surface area (Å²) in [6.07, 6.45) is -4.01. The third-order valence-electron chi connectivity index (χ3n) is 4.46. The predicted molar refractivity (Wildman–Crippen MR) is 96.5 cm³/mol. The summed E-state index contributed by atoms with van der Waals surface area (Å²) in [6.45, 7) is 0.202. The first-order chi connectivity index (χ1) is 14.3. The molecule has 7 nitrogen and oxygen atoms in total. The first-order valence-corrected chi connectivity index (χ1v) is 8.96. The highest BCUT2D eigenvalue weighted by Gasteiger charge is 2.34. The molecule has 2 aromatic carbocycles. The van der Waals surface area contributed by atoms with Gasteiger partial charge in [0.1, 0.15) is 5.75 Å². The lowest BCUT2D eigenvalue weighted by Crippen LogP contribution is -2.30. The lowest BCUT2D eigenvalue weighted by atomic mass is 10.1. The van der Waals surface area contributed by atoms with Gasteiger partial charge in [-0.2, -0.15) is 4.98 Å². The van der Waals surface area contributed by atoms with E-state index >= 15 is 0 Å². The molecular weight excluding hydrogens is 403 g/mol. The maximum atomic E-state index is 12.3. The fourth-order valence-corrected chi connectivity index (χ4v) is 3.11. The zero-order chi connectivity index (χ0) is 21.3. The summed E-state index contributed by atoms with van der Waals surface area (Å²) >= 11 is 0. The molecule has 3 aromatic rings. The molecule has 2 heterocycles. The highest BCUT2D eigenvalue weighted by atomic mass is 19.4. The standard InChI is InChI=1S/C20H14F3N3O4/c21-20(22,23)29-13-9-7-12(8-10-13)17-24-16(30-25-17)6-3-11-26-18(27)14-4-1-2-5-15(14)19(26)28/h1-2,4-5,7-10H,3,6,11H2. The van der Waals surface area contributed by atoms with Crippen LogP contribution in [0.5, 0.6) is 5.75 Å². The summed E-state index contributed by atoms with van der Waals surface area (Å²) in [5.41, 5.74) is 1.24. The monoisotopic (exact) mass is 417 g/mol. The lowest BCUT2D eigenvalue weighted by molar-refractivity contribution is -0.274. The predicted octanol–water partition coefficient (Wildman–Crippen LogP) is 3.86. The van der Waals surface area contributed by atoms with Crippen molar-refractivity contribution in [1.82, 2.24) is 15.0 Å². The molecule has 154 valence electrons. The molecule has 1 aliphatic rings. The van der Waals surface area contributed by atoms with Crippen LogP contribution >= 0.6 is 0 Å². The summed E-state index contributed by atoms with van der Waals surface area (Å²) < 4.78 is 45.6. The second-order valence-corrected chi connectivity index (χ2v) is 6.49. The highest BCUT2D eigenvalue weighted by Crippen LogP contribution is 2.26. The van der Waals surface area contributed by atoms with Gasteiger partial charge in [-0.05, 0) is 42.8 Å². The van der Waals surface area contributed by atoms with E-state index in [0.717, 1.165) is 12.1 Å². The van der Waals surface area contributed by atoms with Crippen LogP contribution in [0.25, 0.3) is 11.4 Å². The first-order valence-electron chi connectivity index (χ1n) is 8.96. The number of nitrogens with zero attached hydrogens (tertiary/aromatic N) is 3. The van der Waals surface area contributed by atoms with Crippen molar-refractivity contribution in [3.63, 3.8) is 0 Å². The minimum atomic E-state index is -4.76. The number of amides is 2. The number of halogens is 3. The number of benzene rings is 2. The number of fused-ring (bicyclic) bond motifs is 1. The number of aryl methyl sites for hydroxylation is 1. The maximum absolute atomic E-state index is 12.3. The molecule has 0 saturated carbocycles. The topological polar surface area (TPSA) is 85.5 Å². The molecule has 2 amide bonds. The number of alkyl halides is 3. The molecule has 0 aliphatic carbocycles. The van der Waals surface area contributed by atoms with Crippen molar-refractivity contribution in [1.29, 1.82) is 0 Å². The molecular formula is C20H14F3N3O4. The van der Waals surface area contributed by atoms with E-state index < -0.39 is 6.36 Å². The Balaban J connectivity index is 1.35. The average molecular weight is 417 g/mol. The van der Waals surface area contributed by atoms with Gasteiger partial charge in [0.25, 0.3) is 11.8 Å². The lowest BCUT2D eigenvalue weighted by Gasteiger charge is -2.12. The summed E-state index contributed by atoms with van der Waals surface area (Å²) in [4.78, 5) is 30.0. The summed E-state index contributed by atoms with van der Waals surface area (Å²) in [7, 11) is 0. The van der Waals surface area contributed by atoms with Crippen molar-refractivity contribution in [2.24, 2.45) is 0 Å². The molecule has 0 saturated heterocycles. The third kappa shape index (κ3) is 4.02. The van der Waals surface area contributed by atoms with E-state index in [2.05, 4.69) is 14.9 Å². The molecule has 0 unspecified atom stereocenters. The number of carbonyl (C=O) groups is 2. The third-order valence-corrected chi connectivity index (χ3v) is 4.46. The minimum absolute atomic E-state index is 0.202. The van der Waals surface area contributed by atoms with Gasteiger partial charge < -0.3 is 9.26 Å². The van der Waals surface area contributed by atoms with Crippen LogP contribution in [0.15, 0.2) is 53.1 Å². The highest BCUT2D eigenvalue weighted by molar-refractivity contribution is 6.21. The molecule has 10 heteroatoms. The number of carbonyl (C=O) groups excluding carboxylic acids is 2. The normalized spacial score (nSPS) is 13.6. The minimum Gasteiger partial charge on any atom is -0.406 e. The van der Waals surface area contributed by atoms with Gasteiger partial charge in [0.2, 0.25) is 11.7 Å². The van der Waals surface area contributed by atoms with E-state index in [1.165, 1.54) is 17.0 Å². The Labute approximate surface area is 168 Å². The fourth-order valence-electron chi connectivity index (χ4n) is 3.11. The second kappa shape index (κ2) is 7.62. The van der Waals surface area contributed by atoms with Gasteiger partial charge in [-0.25, -0.2) is 0 Å². The van der Waals surface area contributed by atoms with Gasteiger partial charge in [-0.3, -0.25) is 14.5 Å². The molecule has 1 aliphatic heterocycles. The van der Waals surface area contributed by atoms with E-state index in [9.17, 15) is 22.8 Å². The number of hydrogen-bond acceptors (Lipinski definition) is 6. The Morgan fingerprint density at radius 2 is 1.60 bits per heavy atom. The fraction of sp³-hybridized carbons (Fsp3) is 0.200. The second-order valence-electron chi connectivity index (χ2n) is 6.49. The van der Waals surface area contributed by atoms with E-state index in [1.54, 1.807) is 24.3 Å². The van der Waals surface area contributed by atoms with Gasteiger partial charge in [0.05, 0.1) is 11.1 Å². The summed E-state index contributed by atoms with van der Waals surface area (Å²) in [5, 5.41) is 3.81. The van der Waals surface area contributed by atoms with Crippen LogP contribution in [-0.2, 0) is 6.42 Å². The molecule has 1 aromatic heterocycles. The van der Waals surface area contributed by atoms with Crippen LogP contribution in [0.2, 0.25) is 0 Å². The van der Waals surface area contributed by atoms with Crippen molar-refractivity contribution in [3.05, 3.63) is 65.5 Å². The van der Waals surface area contributed by atoms with Crippen molar-refractivity contribution >= 4 is 11.8 Å². The Kier molecular flexibility index (Phi) is 4.98. The summed E-state index contributed by atoms with van der Waals surface area (Å²) in [6, 6.07) is 11.7. The first kappa shape index (κ1) is 19.6. The molecule has 0 atom stereocenters. The van der Waals surface area contributed by atoms with Gasteiger partial charge in [-0.15, -0.1) is 13.2 Å². The molecule has 0 spiro atoms. The smallest absolute Gasteiger partial charge is 0.406 e. The Morgan fingerprint density at radius 3 is 2.20 bits per heavy atom. The van der Waals surface area contributed by atoms with Crippen molar-refractivity contribution in [2.75, 3.05) is 6.54 Å². The van der Waals surface area contributed by atoms with E-state index in [4.69, 9.17) is 4.52 Å². The number of ether oxygens (including phenoxy) is 1. The molecule has 0 fully saturated rings. The molecule has 4 rings (SSSR count). The SMILES string of the molecule is O=C1c2ccccc2C(=O)N1CCCc1nc(-c2ccc(OC(F)(F)F)cc2)no1. The Bertz CT molecular complexity index is 1060. The van der Waals surface area contributed by atoms with Crippen LogP contribution in [0.4, 0.5) is 13.2 Å². The van der Waals surface area contributed by atoms with Gasteiger partial charge >= 0.3 is 6.36 Å². The number of imide groups is 1. The quantitative estimate of drug-likeness (QED) is 0.566. The van der Waals surface area contributed by atoms with Gasteiger partial charge in [0.15, 0.2) is 0 Å². The van der Waals surface area contributed by atoms with Crippen LogP contribution in [0, 0.1) is 0 Å². The number of rotatable bonds is 6. The van der Waals surface area contributed by atoms with Crippen molar-refractivity contribution in [2.45, 2.75) is 19.2 Å². The van der Waals surface area contributed by atoms with Crippen molar-refractivity contribution in [3.8, 4) is 17.1 Å². The number of aromatic nitrogens is 2. The number of hydrogen-bond donors (Lipinski definition) is 0.